The number of rotatable bonds is 8. The number of unbranched alkanes of at least 4 members (excludes halogenated alkanes) is 4. The van der Waals surface area contributed by atoms with Crippen LogP contribution in [0, 0.1) is 0 Å². The molecule has 0 amide bonds. The second-order valence-electron chi connectivity index (χ2n) is 4.70. The van der Waals surface area contributed by atoms with Gasteiger partial charge in [0.25, 0.3) is 0 Å². The topological polar surface area (TPSA) is 0 Å². The zero-order chi connectivity index (χ0) is 10.9. The Morgan fingerprint density at radius 1 is 0.933 bits per heavy atom. The van der Waals surface area contributed by atoms with Gasteiger partial charge in [0.15, 0.2) is 0 Å². The lowest BCUT2D eigenvalue weighted by Gasteiger charge is -2.00. The van der Waals surface area contributed by atoms with E-state index in [2.05, 4.69) is 26.0 Å². The van der Waals surface area contributed by atoms with E-state index in [-0.39, 0.29) is 0 Å². The highest BCUT2D eigenvalue weighted by Crippen LogP contribution is 2.25. The third kappa shape index (κ3) is 5.20. The fourth-order valence-electron chi connectivity index (χ4n) is 2.17. The normalized spacial score (nSPS) is 15.3. The summed E-state index contributed by atoms with van der Waals surface area (Å²) in [5, 5.41) is 0. The molecule has 86 valence electrons. The molecule has 0 saturated heterocycles. The quantitative estimate of drug-likeness (QED) is 0.466. The highest BCUT2D eigenvalue weighted by molar-refractivity contribution is 5.32. The van der Waals surface area contributed by atoms with E-state index in [0.29, 0.717) is 0 Å². The minimum absolute atomic E-state index is 1.24. The van der Waals surface area contributed by atoms with Crippen LogP contribution in [-0.2, 0) is 0 Å². The fraction of sp³-hybridized carbons (Fsp3) is 0.733. The molecule has 0 aromatic rings. The van der Waals surface area contributed by atoms with Gasteiger partial charge in [-0.15, -0.1) is 0 Å². The van der Waals surface area contributed by atoms with Crippen LogP contribution in [0.2, 0.25) is 0 Å². The smallest absolute Gasteiger partial charge is 0.0130 e. The first kappa shape index (κ1) is 12.5. The lowest BCUT2D eigenvalue weighted by molar-refractivity contribution is 0.708. The van der Waals surface area contributed by atoms with Crippen molar-refractivity contribution in [1.29, 1.82) is 0 Å². The van der Waals surface area contributed by atoms with E-state index in [1.54, 1.807) is 11.1 Å². The van der Waals surface area contributed by atoms with Gasteiger partial charge in [0.1, 0.15) is 0 Å². The summed E-state index contributed by atoms with van der Waals surface area (Å²) in [7, 11) is 0. The molecule has 0 radical (unpaired) electrons. The highest BCUT2D eigenvalue weighted by Gasteiger charge is 2.05. The van der Waals surface area contributed by atoms with Crippen molar-refractivity contribution in [2.75, 3.05) is 0 Å². The molecule has 0 nitrogen and oxygen atoms in total. The fourth-order valence-corrected chi connectivity index (χ4v) is 2.17. The molecule has 0 N–H and O–H groups in total. The van der Waals surface area contributed by atoms with Crippen molar-refractivity contribution >= 4 is 0 Å². The maximum Gasteiger partial charge on any atom is -0.0130 e. The van der Waals surface area contributed by atoms with E-state index in [9.17, 15) is 0 Å². The molecule has 0 unspecified atom stereocenters. The van der Waals surface area contributed by atoms with Crippen LogP contribution >= 0.6 is 0 Å². The summed E-state index contributed by atoms with van der Waals surface area (Å²) >= 11 is 0. The van der Waals surface area contributed by atoms with Gasteiger partial charge in [-0.2, -0.15) is 0 Å². The predicted octanol–water partition coefficient (Wildman–Crippen LogP) is 5.40. The Morgan fingerprint density at radius 3 is 2.27 bits per heavy atom. The lowest BCUT2D eigenvalue weighted by atomic mass is 10.1. The van der Waals surface area contributed by atoms with E-state index in [0.717, 1.165) is 0 Å². The second kappa shape index (κ2) is 7.73. The molecule has 0 aromatic carbocycles. The molecule has 0 fully saturated rings. The van der Waals surface area contributed by atoms with E-state index < -0.39 is 0 Å². The van der Waals surface area contributed by atoms with Gasteiger partial charge in [0, 0.05) is 0 Å². The molecular weight excluding hydrogens is 180 g/mol. The number of hydrogen-bond acceptors (Lipinski definition) is 0. The van der Waals surface area contributed by atoms with Crippen LogP contribution in [-0.4, -0.2) is 0 Å². The Hall–Kier alpha value is -0.520. The highest BCUT2D eigenvalue weighted by atomic mass is 14.1. The zero-order valence-corrected chi connectivity index (χ0v) is 10.5. The van der Waals surface area contributed by atoms with Crippen molar-refractivity contribution in [2.24, 2.45) is 0 Å². The molecule has 0 heterocycles. The van der Waals surface area contributed by atoms with Crippen LogP contribution in [0.15, 0.2) is 23.3 Å². The van der Waals surface area contributed by atoms with Crippen molar-refractivity contribution in [3.8, 4) is 0 Å². The van der Waals surface area contributed by atoms with E-state index in [1.807, 2.05) is 0 Å². The maximum atomic E-state index is 2.46. The molecule has 0 saturated carbocycles. The van der Waals surface area contributed by atoms with Crippen LogP contribution in [0.5, 0.6) is 0 Å². The number of allylic oxidation sites excluding steroid dienone is 4. The van der Waals surface area contributed by atoms with E-state index >= 15 is 0 Å². The molecule has 0 atom stereocenters. The summed E-state index contributed by atoms with van der Waals surface area (Å²) in [6.07, 6.45) is 17.0. The summed E-state index contributed by atoms with van der Waals surface area (Å²) in [5.41, 5.74) is 3.28. The van der Waals surface area contributed by atoms with Crippen LogP contribution in [0.3, 0.4) is 0 Å². The molecule has 0 aliphatic heterocycles. The van der Waals surface area contributed by atoms with E-state index in [1.165, 1.54) is 57.8 Å². The van der Waals surface area contributed by atoms with Crippen LogP contribution < -0.4 is 0 Å². The van der Waals surface area contributed by atoms with Gasteiger partial charge < -0.3 is 0 Å². The average molecular weight is 206 g/mol. The van der Waals surface area contributed by atoms with Crippen LogP contribution in [0.1, 0.15) is 71.6 Å². The molecular formula is C15H26. The minimum atomic E-state index is 1.24. The van der Waals surface area contributed by atoms with E-state index in [4.69, 9.17) is 0 Å². The molecule has 0 aromatic heterocycles. The predicted molar refractivity (Wildman–Crippen MR) is 69.1 cm³/mol. The third-order valence-electron chi connectivity index (χ3n) is 3.19. The van der Waals surface area contributed by atoms with Crippen molar-refractivity contribution in [3.63, 3.8) is 0 Å². The molecule has 0 spiro atoms. The summed E-state index contributed by atoms with van der Waals surface area (Å²) in [4.78, 5) is 0. The molecule has 0 bridgehead atoms. The van der Waals surface area contributed by atoms with Gasteiger partial charge in [-0.25, -0.2) is 0 Å². The maximum absolute atomic E-state index is 2.46. The van der Waals surface area contributed by atoms with Gasteiger partial charge in [0.05, 0.1) is 0 Å². The summed E-state index contributed by atoms with van der Waals surface area (Å²) in [6, 6.07) is 0. The monoisotopic (exact) mass is 206 g/mol. The van der Waals surface area contributed by atoms with Gasteiger partial charge >= 0.3 is 0 Å². The standard InChI is InChI=1S/C15H26/c1-3-5-7-9-14-11-12-15(13-14)10-8-6-4-2/h11,13H,3-10,12H2,1-2H3. The summed E-state index contributed by atoms with van der Waals surface area (Å²) in [5.74, 6) is 0. The summed E-state index contributed by atoms with van der Waals surface area (Å²) < 4.78 is 0. The average Bonchev–Trinajstić information content (AvgIpc) is 2.67. The van der Waals surface area contributed by atoms with Crippen LogP contribution in [0.25, 0.3) is 0 Å². The SMILES string of the molecule is CCCCCC1=CCC(CCCCC)=C1. The van der Waals surface area contributed by atoms with Crippen LogP contribution in [0.4, 0.5) is 0 Å². The Bertz CT molecular complexity index is 220. The first-order valence-corrected chi connectivity index (χ1v) is 6.75. The third-order valence-corrected chi connectivity index (χ3v) is 3.19. The lowest BCUT2D eigenvalue weighted by Crippen LogP contribution is -1.80. The molecule has 15 heavy (non-hydrogen) atoms. The minimum Gasteiger partial charge on any atom is -0.0772 e. The molecule has 1 aliphatic carbocycles. The zero-order valence-electron chi connectivity index (χ0n) is 10.5. The Balaban J connectivity index is 2.14. The van der Waals surface area contributed by atoms with Gasteiger partial charge in [-0.1, -0.05) is 62.8 Å². The largest absolute Gasteiger partial charge is 0.0772 e. The molecule has 0 heteroatoms. The van der Waals surface area contributed by atoms with Gasteiger partial charge in [-0.05, 0) is 32.1 Å². The first-order valence-electron chi connectivity index (χ1n) is 6.75. The van der Waals surface area contributed by atoms with Gasteiger partial charge in [-0.3, -0.25) is 0 Å². The van der Waals surface area contributed by atoms with Crippen molar-refractivity contribution in [3.05, 3.63) is 23.3 Å². The Kier molecular flexibility index (Phi) is 6.47. The van der Waals surface area contributed by atoms with Crippen molar-refractivity contribution in [1.82, 2.24) is 0 Å². The Labute approximate surface area is 95.5 Å². The second-order valence-corrected chi connectivity index (χ2v) is 4.70. The van der Waals surface area contributed by atoms with Crippen molar-refractivity contribution < 1.29 is 0 Å². The first-order chi connectivity index (χ1) is 7.36. The van der Waals surface area contributed by atoms with Crippen molar-refractivity contribution in [2.45, 2.75) is 71.6 Å². The molecule has 1 rings (SSSR count). The number of hydrogen-bond donors (Lipinski definition) is 0. The van der Waals surface area contributed by atoms with Gasteiger partial charge in [0.2, 0.25) is 0 Å². The summed E-state index contributed by atoms with van der Waals surface area (Å²) in [6.45, 7) is 4.55. The molecule has 1 aliphatic rings. The Morgan fingerprint density at radius 2 is 1.60 bits per heavy atom.